The molecule has 0 aliphatic rings. The summed E-state index contributed by atoms with van der Waals surface area (Å²) in [6.07, 6.45) is 0.803. The second-order valence-corrected chi connectivity index (χ2v) is 4.88. The van der Waals surface area contributed by atoms with E-state index in [1.165, 1.54) is 0 Å². The van der Waals surface area contributed by atoms with Gasteiger partial charge in [0.1, 0.15) is 11.3 Å². The highest BCUT2D eigenvalue weighted by Gasteiger charge is 2.19. The number of nitrogens with zero attached hydrogens (tertiary/aromatic N) is 4. The zero-order valence-corrected chi connectivity index (χ0v) is 11.6. The van der Waals surface area contributed by atoms with Gasteiger partial charge in [0.15, 0.2) is 5.65 Å². The number of imidazole rings is 1. The maximum Gasteiger partial charge on any atom is 0.159 e. The van der Waals surface area contributed by atoms with E-state index in [2.05, 4.69) is 35.4 Å². The van der Waals surface area contributed by atoms with Crippen LogP contribution in [0.5, 0.6) is 0 Å². The van der Waals surface area contributed by atoms with Gasteiger partial charge < -0.3 is 4.57 Å². The summed E-state index contributed by atoms with van der Waals surface area (Å²) in [5.74, 6) is 1.66. The van der Waals surface area contributed by atoms with Gasteiger partial charge in [0.05, 0.1) is 5.69 Å². The first-order chi connectivity index (χ1) is 8.10. The van der Waals surface area contributed by atoms with Gasteiger partial charge >= 0.3 is 0 Å². The largest absolute Gasteiger partial charge is 0.310 e. The van der Waals surface area contributed by atoms with Crippen molar-refractivity contribution in [3.8, 4) is 0 Å². The highest BCUT2D eigenvalue weighted by atomic mass is 35.5. The molecule has 0 bridgehead atoms. The minimum Gasteiger partial charge on any atom is -0.310 e. The van der Waals surface area contributed by atoms with Crippen molar-refractivity contribution in [2.45, 2.75) is 46.7 Å². The molecule has 0 fully saturated rings. The van der Waals surface area contributed by atoms with Gasteiger partial charge in [-0.25, -0.2) is 9.67 Å². The third-order valence-corrected chi connectivity index (χ3v) is 3.14. The van der Waals surface area contributed by atoms with Crippen molar-refractivity contribution in [3.63, 3.8) is 0 Å². The fourth-order valence-corrected chi connectivity index (χ4v) is 2.43. The zero-order valence-electron chi connectivity index (χ0n) is 10.9. The Morgan fingerprint density at radius 3 is 2.59 bits per heavy atom. The van der Waals surface area contributed by atoms with Crippen molar-refractivity contribution in [2.24, 2.45) is 0 Å². The topological polar surface area (TPSA) is 35.6 Å². The minimum atomic E-state index is 0.375. The molecule has 0 unspecified atom stereocenters. The highest BCUT2D eigenvalue weighted by Crippen LogP contribution is 2.24. The highest BCUT2D eigenvalue weighted by molar-refractivity contribution is 6.17. The van der Waals surface area contributed by atoms with Gasteiger partial charge in [0.25, 0.3) is 0 Å². The lowest BCUT2D eigenvalue weighted by Gasteiger charge is -2.13. The molecule has 0 aliphatic heterocycles. The smallest absolute Gasteiger partial charge is 0.159 e. The lowest BCUT2D eigenvalue weighted by molar-refractivity contribution is 0.557. The summed E-state index contributed by atoms with van der Waals surface area (Å²) < 4.78 is 4.27. The SMILES string of the molecule is CCn1nc(C)c2nc(CCCl)n(C(C)C)c21. The van der Waals surface area contributed by atoms with E-state index < -0.39 is 0 Å². The summed E-state index contributed by atoms with van der Waals surface area (Å²) in [7, 11) is 0. The first-order valence-corrected chi connectivity index (χ1v) is 6.63. The van der Waals surface area contributed by atoms with E-state index in [-0.39, 0.29) is 0 Å². The van der Waals surface area contributed by atoms with Crippen molar-refractivity contribution in [1.82, 2.24) is 19.3 Å². The molecular formula is C12H19ClN4. The standard InChI is InChI=1S/C12H19ClN4/c1-5-16-12-11(9(4)15-16)14-10(6-7-13)17(12)8(2)3/h8H,5-7H2,1-4H3. The molecule has 0 aromatic carbocycles. The van der Waals surface area contributed by atoms with E-state index in [9.17, 15) is 0 Å². The Morgan fingerprint density at radius 2 is 2.06 bits per heavy atom. The molecule has 4 nitrogen and oxygen atoms in total. The fraction of sp³-hybridized carbons (Fsp3) is 0.667. The van der Waals surface area contributed by atoms with Crippen LogP contribution in [0.25, 0.3) is 11.2 Å². The van der Waals surface area contributed by atoms with Crippen LogP contribution >= 0.6 is 11.6 Å². The number of halogens is 1. The van der Waals surface area contributed by atoms with Crippen LogP contribution in [0, 0.1) is 6.92 Å². The van der Waals surface area contributed by atoms with Crippen LogP contribution in [0.15, 0.2) is 0 Å². The Hall–Kier alpha value is -1.03. The van der Waals surface area contributed by atoms with Gasteiger partial charge in [-0.05, 0) is 27.7 Å². The molecule has 2 aromatic heterocycles. The molecule has 0 amide bonds. The molecule has 0 atom stereocenters. The quantitative estimate of drug-likeness (QED) is 0.787. The molecule has 2 aromatic rings. The number of hydrogen-bond donors (Lipinski definition) is 0. The number of alkyl halides is 1. The van der Waals surface area contributed by atoms with Gasteiger partial charge in [-0.3, -0.25) is 0 Å². The Balaban J connectivity index is 2.72. The maximum absolute atomic E-state index is 5.84. The van der Waals surface area contributed by atoms with E-state index in [0.29, 0.717) is 11.9 Å². The average Bonchev–Trinajstić information content (AvgIpc) is 2.77. The molecule has 0 saturated carbocycles. The Labute approximate surface area is 107 Å². The predicted octanol–water partition coefficient (Wildman–Crippen LogP) is 2.92. The van der Waals surface area contributed by atoms with Gasteiger partial charge in [0.2, 0.25) is 0 Å². The van der Waals surface area contributed by atoms with Crippen molar-refractivity contribution >= 4 is 22.8 Å². The summed E-state index contributed by atoms with van der Waals surface area (Å²) >= 11 is 5.84. The number of aryl methyl sites for hydroxylation is 3. The van der Waals surface area contributed by atoms with Crippen LogP contribution in [-0.2, 0) is 13.0 Å². The van der Waals surface area contributed by atoms with E-state index in [4.69, 9.17) is 11.6 Å². The van der Waals surface area contributed by atoms with Crippen LogP contribution in [0.1, 0.15) is 38.3 Å². The summed E-state index contributed by atoms with van der Waals surface area (Å²) in [5, 5.41) is 4.51. The van der Waals surface area contributed by atoms with E-state index in [1.54, 1.807) is 0 Å². The van der Waals surface area contributed by atoms with Gasteiger partial charge in [-0.15, -0.1) is 11.6 Å². The minimum absolute atomic E-state index is 0.375. The zero-order chi connectivity index (χ0) is 12.6. The molecule has 0 saturated heterocycles. The summed E-state index contributed by atoms with van der Waals surface area (Å²) in [5.41, 5.74) is 3.14. The molecule has 5 heteroatoms. The van der Waals surface area contributed by atoms with Gasteiger partial charge in [-0.2, -0.15) is 5.10 Å². The van der Waals surface area contributed by atoms with Crippen LogP contribution < -0.4 is 0 Å². The molecule has 2 rings (SSSR count). The van der Waals surface area contributed by atoms with Gasteiger partial charge in [-0.1, -0.05) is 0 Å². The van der Waals surface area contributed by atoms with Gasteiger partial charge in [0, 0.05) is 24.9 Å². The summed E-state index contributed by atoms with van der Waals surface area (Å²) in [6, 6.07) is 0.375. The van der Waals surface area contributed by atoms with Crippen LogP contribution in [-0.4, -0.2) is 25.2 Å². The maximum atomic E-state index is 5.84. The second kappa shape index (κ2) is 4.69. The Morgan fingerprint density at radius 1 is 1.35 bits per heavy atom. The van der Waals surface area contributed by atoms with E-state index >= 15 is 0 Å². The number of rotatable bonds is 4. The average molecular weight is 255 g/mol. The molecule has 17 heavy (non-hydrogen) atoms. The molecule has 0 spiro atoms. The monoisotopic (exact) mass is 254 g/mol. The summed E-state index contributed by atoms with van der Waals surface area (Å²) in [4.78, 5) is 4.69. The van der Waals surface area contributed by atoms with Crippen LogP contribution in [0.4, 0.5) is 0 Å². The second-order valence-electron chi connectivity index (χ2n) is 4.50. The summed E-state index contributed by atoms with van der Waals surface area (Å²) in [6.45, 7) is 9.31. The fourth-order valence-electron chi connectivity index (χ4n) is 2.26. The van der Waals surface area contributed by atoms with Crippen molar-refractivity contribution in [3.05, 3.63) is 11.5 Å². The normalized spacial score (nSPS) is 11.9. The van der Waals surface area contributed by atoms with Crippen molar-refractivity contribution < 1.29 is 0 Å². The lowest BCUT2D eigenvalue weighted by atomic mass is 10.3. The molecule has 0 aliphatic carbocycles. The third kappa shape index (κ3) is 1.95. The first kappa shape index (κ1) is 12.4. The Bertz CT molecular complexity index is 524. The third-order valence-electron chi connectivity index (χ3n) is 2.95. The molecule has 0 radical (unpaired) electrons. The molecule has 0 N–H and O–H groups in total. The predicted molar refractivity (Wildman–Crippen MR) is 70.7 cm³/mol. The molecular weight excluding hydrogens is 236 g/mol. The molecule has 94 valence electrons. The van der Waals surface area contributed by atoms with Crippen molar-refractivity contribution in [1.29, 1.82) is 0 Å². The number of hydrogen-bond acceptors (Lipinski definition) is 2. The molecule has 2 heterocycles. The van der Waals surface area contributed by atoms with Crippen molar-refractivity contribution in [2.75, 3.05) is 5.88 Å². The van der Waals surface area contributed by atoms with Crippen LogP contribution in [0.2, 0.25) is 0 Å². The van der Waals surface area contributed by atoms with E-state index in [0.717, 1.165) is 35.6 Å². The first-order valence-electron chi connectivity index (χ1n) is 6.10. The van der Waals surface area contributed by atoms with Crippen LogP contribution in [0.3, 0.4) is 0 Å². The van der Waals surface area contributed by atoms with E-state index in [1.807, 2.05) is 11.6 Å². The number of aromatic nitrogens is 4. The number of fused-ring (bicyclic) bond motifs is 1. The Kier molecular flexibility index (Phi) is 3.43. The lowest BCUT2D eigenvalue weighted by Crippen LogP contribution is -2.11.